The molecule has 0 atom stereocenters. The molecule has 0 amide bonds. The lowest BCUT2D eigenvalue weighted by Crippen LogP contribution is -2.17. The molecule has 1 aliphatic rings. The third-order valence-corrected chi connectivity index (χ3v) is 3.63. The fourth-order valence-corrected chi connectivity index (χ4v) is 2.58. The Hall–Kier alpha value is -1.52. The molecule has 0 radical (unpaired) electrons. The van der Waals surface area contributed by atoms with E-state index in [4.69, 9.17) is 0 Å². The minimum absolute atomic E-state index is 0.197. The minimum Gasteiger partial charge on any atom is -0.406 e. The van der Waals surface area contributed by atoms with Gasteiger partial charge in [-0.3, -0.25) is 4.79 Å². The van der Waals surface area contributed by atoms with Crippen LogP contribution in [0, 0.1) is 5.92 Å². The van der Waals surface area contributed by atoms with Gasteiger partial charge < -0.3 is 4.74 Å². The van der Waals surface area contributed by atoms with E-state index in [2.05, 4.69) is 4.74 Å². The first kappa shape index (κ1) is 14.9. The molecule has 0 aliphatic heterocycles. The zero-order valence-electron chi connectivity index (χ0n) is 11.1. The van der Waals surface area contributed by atoms with Crippen LogP contribution in [0.15, 0.2) is 24.3 Å². The van der Waals surface area contributed by atoms with Gasteiger partial charge in [0.1, 0.15) is 11.5 Å². The second kappa shape index (κ2) is 6.29. The number of benzene rings is 1. The molecular formula is C15H17F3O2. The lowest BCUT2D eigenvalue weighted by atomic mass is 9.97. The molecule has 0 saturated heterocycles. The summed E-state index contributed by atoms with van der Waals surface area (Å²) in [5.74, 6) is 0.240. The molecule has 0 spiro atoms. The molecule has 0 bridgehead atoms. The number of hydrogen-bond donors (Lipinski definition) is 0. The Bertz CT molecular complexity index is 445. The maximum Gasteiger partial charge on any atom is 0.573 e. The maximum absolute atomic E-state index is 12.0. The summed E-state index contributed by atoms with van der Waals surface area (Å²) in [6.45, 7) is 0. The van der Waals surface area contributed by atoms with E-state index in [1.54, 1.807) is 12.1 Å². The topological polar surface area (TPSA) is 26.3 Å². The van der Waals surface area contributed by atoms with E-state index < -0.39 is 6.36 Å². The summed E-state index contributed by atoms with van der Waals surface area (Å²) in [7, 11) is 0. The van der Waals surface area contributed by atoms with Crippen molar-refractivity contribution in [3.63, 3.8) is 0 Å². The van der Waals surface area contributed by atoms with E-state index in [1.807, 2.05) is 0 Å². The monoisotopic (exact) mass is 286 g/mol. The highest BCUT2D eigenvalue weighted by Crippen LogP contribution is 2.27. The van der Waals surface area contributed by atoms with Gasteiger partial charge >= 0.3 is 6.36 Å². The molecule has 5 heteroatoms. The number of hydrogen-bond acceptors (Lipinski definition) is 2. The lowest BCUT2D eigenvalue weighted by molar-refractivity contribution is -0.274. The Morgan fingerprint density at radius 1 is 1.15 bits per heavy atom. The zero-order valence-corrected chi connectivity index (χ0v) is 11.1. The molecule has 0 N–H and O–H groups in total. The average Bonchev–Trinajstić information content (AvgIpc) is 2.89. The highest BCUT2D eigenvalue weighted by molar-refractivity contribution is 5.81. The fourth-order valence-electron chi connectivity index (χ4n) is 2.58. The van der Waals surface area contributed by atoms with Gasteiger partial charge in [-0.1, -0.05) is 25.0 Å². The molecule has 1 aromatic rings. The molecular weight excluding hydrogens is 269 g/mol. The molecule has 1 aliphatic carbocycles. The molecule has 0 aromatic heterocycles. The van der Waals surface area contributed by atoms with Crippen LogP contribution in [0.25, 0.3) is 0 Å². The van der Waals surface area contributed by atoms with Crippen LogP contribution in [0.1, 0.15) is 37.7 Å². The molecule has 110 valence electrons. The minimum atomic E-state index is -4.67. The van der Waals surface area contributed by atoms with Crippen LogP contribution in [-0.2, 0) is 11.2 Å². The van der Waals surface area contributed by atoms with Crippen molar-refractivity contribution in [2.75, 3.05) is 0 Å². The molecule has 20 heavy (non-hydrogen) atoms. The first-order chi connectivity index (χ1) is 9.44. The molecule has 0 unspecified atom stereocenters. The van der Waals surface area contributed by atoms with Crippen LogP contribution in [0.5, 0.6) is 5.75 Å². The van der Waals surface area contributed by atoms with E-state index in [1.165, 1.54) is 12.1 Å². The van der Waals surface area contributed by atoms with E-state index >= 15 is 0 Å². The number of halogens is 3. The van der Waals surface area contributed by atoms with Crippen LogP contribution < -0.4 is 4.74 Å². The Balaban J connectivity index is 1.83. The summed E-state index contributed by atoms with van der Waals surface area (Å²) in [6.07, 6.45) is 0.583. The van der Waals surface area contributed by atoms with E-state index in [-0.39, 0.29) is 17.5 Å². The predicted molar refractivity (Wildman–Crippen MR) is 68.4 cm³/mol. The van der Waals surface area contributed by atoms with E-state index in [0.29, 0.717) is 12.8 Å². The third kappa shape index (κ3) is 4.54. The van der Waals surface area contributed by atoms with Crippen molar-refractivity contribution >= 4 is 5.78 Å². The van der Waals surface area contributed by atoms with Gasteiger partial charge in [-0.25, -0.2) is 0 Å². The van der Waals surface area contributed by atoms with Crippen LogP contribution in [0.2, 0.25) is 0 Å². The quantitative estimate of drug-likeness (QED) is 0.807. The van der Waals surface area contributed by atoms with Gasteiger partial charge in [0.2, 0.25) is 0 Å². The van der Waals surface area contributed by atoms with Gasteiger partial charge in [0.15, 0.2) is 0 Å². The summed E-state index contributed by atoms with van der Waals surface area (Å²) in [4.78, 5) is 11.9. The van der Waals surface area contributed by atoms with E-state index in [9.17, 15) is 18.0 Å². The fraction of sp³-hybridized carbons (Fsp3) is 0.533. The normalized spacial score (nSPS) is 16.4. The molecule has 2 rings (SSSR count). The summed E-state index contributed by atoms with van der Waals surface area (Å²) in [5.41, 5.74) is 0.853. The molecule has 2 nitrogen and oxygen atoms in total. The van der Waals surface area contributed by atoms with Crippen LogP contribution >= 0.6 is 0 Å². The largest absolute Gasteiger partial charge is 0.573 e. The van der Waals surface area contributed by atoms with Crippen molar-refractivity contribution in [1.29, 1.82) is 0 Å². The van der Waals surface area contributed by atoms with Crippen LogP contribution in [0.3, 0.4) is 0 Å². The molecule has 1 fully saturated rings. The highest BCUT2D eigenvalue weighted by atomic mass is 19.4. The SMILES string of the molecule is O=C(CCc1ccc(OC(F)(F)F)cc1)C1CCCC1. The Labute approximate surface area is 115 Å². The molecule has 1 saturated carbocycles. The Kier molecular flexibility index (Phi) is 4.68. The van der Waals surface area contributed by atoms with Crippen molar-refractivity contribution in [2.24, 2.45) is 5.92 Å². The number of carbonyl (C=O) groups excluding carboxylic acids is 1. The Morgan fingerprint density at radius 2 is 1.75 bits per heavy atom. The first-order valence-corrected chi connectivity index (χ1v) is 6.81. The Morgan fingerprint density at radius 3 is 2.30 bits per heavy atom. The predicted octanol–water partition coefficient (Wildman–Crippen LogP) is 4.28. The number of Topliss-reactive ketones (excluding diaryl/α,β-unsaturated/α-hetero) is 1. The van der Waals surface area contributed by atoms with Gasteiger partial charge in [0, 0.05) is 12.3 Å². The number of alkyl halides is 3. The van der Waals surface area contributed by atoms with Gasteiger partial charge in [-0.15, -0.1) is 13.2 Å². The lowest BCUT2D eigenvalue weighted by Gasteiger charge is -2.10. The third-order valence-electron chi connectivity index (χ3n) is 3.63. The van der Waals surface area contributed by atoms with Crippen molar-refractivity contribution in [1.82, 2.24) is 0 Å². The molecule has 0 heterocycles. The number of aryl methyl sites for hydroxylation is 1. The molecule has 1 aromatic carbocycles. The van der Waals surface area contributed by atoms with Crippen molar-refractivity contribution < 1.29 is 22.7 Å². The van der Waals surface area contributed by atoms with Gasteiger partial charge in [0.25, 0.3) is 0 Å². The number of ether oxygens (including phenoxy) is 1. The first-order valence-electron chi connectivity index (χ1n) is 6.81. The zero-order chi connectivity index (χ0) is 14.6. The second-order valence-corrected chi connectivity index (χ2v) is 5.14. The van der Waals surface area contributed by atoms with Crippen LogP contribution in [0.4, 0.5) is 13.2 Å². The summed E-state index contributed by atoms with van der Waals surface area (Å²) < 4.78 is 39.8. The maximum atomic E-state index is 12.0. The number of carbonyl (C=O) groups is 1. The van der Waals surface area contributed by atoms with Gasteiger partial charge in [-0.05, 0) is 37.0 Å². The van der Waals surface area contributed by atoms with E-state index in [0.717, 1.165) is 31.2 Å². The number of ketones is 1. The van der Waals surface area contributed by atoms with Crippen molar-refractivity contribution in [3.8, 4) is 5.75 Å². The van der Waals surface area contributed by atoms with Gasteiger partial charge in [0.05, 0.1) is 0 Å². The summed E-state index contributed by atoms with van der Waals surface area (Å²) in [6, 6.07) is 5.71. The summed E-state index contributed by atoms with van der Waals surface area (Å²) in [5, 5.41) is 0. The second-order valence-electron chi connectivity index (χ2n) is 5.14. The standard InChI is InChI=1S/C15H17F3O2/c16-15(17,18)20-13-8-5-11(6-9-13)7-10-14(19)12-3-1-2-4-12/h5-6,8-9,12H,1-4,7,10H2. The summed E-state index contributed by atoms with van der Waals surface area (Å²) >= 11 is 0. The highest BCUT2D eigenvalue weighted by Gasteiger charge is 2.31. The van der Waals surface area contributed by atoms with Crippen molar-refractivity contribution in [3.05, 3.63) is 29.8 Å². The van der Waals surface area contributed by atoms with Gasteiger partial charge in [-0.2, -0.15) is 0 Å². The smallest absolute Gasteiger partial charge is 0.406 e. The van der Waals surface area contributed by atoms with Crippen LogP contribution in [-0.4, -0.2) is 12.1 Å². The van der Waals surface area contributed by atoms with Crippen molar-refractivity contribution in [2.45, 2.75) is 44.9 Å². The average molecular weight is 286 g/mol. The number of rotatable bonds is 5.